The second kappa shape index (κ2) is 5.72. The van der Waals surface area contributed by atoms with Crippen LogP contribution in [-0.2, 0) is 4.79 Å². The lowest BCUT2D eigenvalue weighted by Crippen LogP contribution is -2.39. The van der Waals surface area contributed by atoms with Crippen molar-refractivity contribution in [2.45, 2.75) is 26.1 Å². The molecule has 1 aromatic carbocycles. The van der Waals surface area contributed by atoms with Crippen molar-refractivity contribution in [3.8, 4) is 6.07 Å². The number of hydrogen-bond donors (Lipinski definition) is 2. The summed E-state index contributed by atoms with van der Waals surface area (Å²) in [7, 11) is 0. The Morgan fingerprint density at radius 1 is 1.36 bits per heavy atom. The molecule has 0 aliphatic carbocycles. The molecule has 1 amide bonds. The number of nitrogens with one attached hydrogen (secondary N) is 2. The van der Waals surface area contributed by atoms with Crippen LogP contribution in [0, 0.1) is 17.2 Å². The van der Waals surface area contributed by atoms with Crippen molar-refractivity contribution < 1.29 is 18.0 Å². The van der Waals surface area contributed by atoms with E-state index in [1.54, 1.807) is 0 Å². The molecule has 2 rings (SSSR count). The van der Waals surface area contributed by atoms with Crippen molar-refractivity contribution in [3.63, 3.8) is 0 Å². The van der Waals surface area contributed by atoms with Crippen molar-refractivity contribution in [1.82, 2.24) is 10.3 Å². The maximum atomic E-state index is 13.3. The van der Waals surface area contributed by atoms with Gasteiger partial charge in [-0.15, -0.1) is 0 Å². The lowest BCUT2D eigenvalue weighted by Gasteiger charge is -2.22. The molecule has 116 valence electrons. The Labute approximate surface area is 124 Å². The first kappa shape index (κ1) is 15.9. The molecule has 1 heterocycles. The summed E-state index contributed by atoms with van der Waals surface area (Å²) in [4.78, 5) is 14.4. The van der Waals surface area contributed by atoms with Gasteiger partial charge in [0, 0.05) is 28.6 Å². The summed E-state index contributed by atoms with van der Waals surface area (Å²) in [6, 6.07) is 4.18. The lowest BCUT2D eigenvalue weighted by molar-refractivity contribution is -0.164. The van der Waals surface area contributed by atoms with E-state index >= 15 is 0 Å². The largest absolute Gasteiger partial charge is 0.412 e. The first-order chi connectivity index (χ1) is 10.2. The van der Waals surface area contributed by atoms with Crippen LogP contribution in [0.15, 0.2) is 24.4 Å². The van der Waals surface area contributed by atoms with E-state index in [2.05, 4.69) is 4.98 Å². The highest BCUT2D eigenvalue weighted by atomic mass is 19.4. The molecule has 2 aromatic rings. The number of alkyl halides is 3. The Morgan fingerprint density at radius 3 is 2.59 bits per heavy atom. The van der Waals surface area contributed by atoms with E-state index in [-0.39, 0.29) is 5.56 Å². The van der Waals surface area contributed by atoms with E-state index in [1.807, 2.05) is 11.4 Å². The van der Waals surface area contributed by atoms with Crippen molar-refractivity contribution in [3.05, 3.63) is 35.5 Å². The van der Waals surface area contributed by atoms with E-state index in [9.17, 15) is 18.0 Å². The lowest BCUT2D eigenvalue weighted by atomic mass is 10.0. The molecule has 1 atom stereocenters. The van der Waals surface area contributed by atoms with Gasteiger partial charge in [-0.25, -0.2) is 0 Å². The van der Waals surface area contributed by atoms with Gasteiger partial charge in [-0.2, -0.15) is 18.4 Å². The topological polar surface area (TPSA) is 68.7 Å². The smallest absolute Gasteiger partial charge is 0.361 e. The third-order valence-electron chi connectivity index (χ3n) is 3.29. The molecule has 0 spiro atoms. The zero-order valence-electron chi connectivity index (χ0n) is 12.0. The molecule has 0 saturated heterocycles. The minimum Gasteiger partial charge on any atom is -0.361 e. The Bertz CT molecular complexity index is 741. The number of nitriles is 1. The molecular weight excluding hydrogens is 295 g/mol. The highest BCUT2D eigenvalue weighted by molar-refractivity contribution is 5.86. The molecule has 22 heavy (non-hydrogen) atoms. The molecular formula is C15H14F3N3O. The summed E-state index contributed by atoms with van der Waals surface area (Å²) in [6.07, 6.45) is -3.40. The van der Waals surface area contributed by atoms with Crippen molar-refractivity contribution in [2.75, 3.05) is 0 Å². The van der Waals surface area contributed by atoms with Gasteiger partial charge in [0.2, 0.25) is 5.91 Å². The standard InChI is InChI=1S/C15H14F3N3O/c1-8(2)14(22)21-13(15(16,17)18)11-7-20-12-5-9(6-19)3-4-10(11)12/h3-5,7-8,13,20H,1-2H3,(H,21,22). The second-order valence-corrected chi connectivity index (χ2v) is 5.25. The number of carbonyl (C=O) groups is 1. The average molecular weight is 309 g/mol. The van der Waals surface area contributed by atoms with Gasteiger partial charge in [0.1, 0.15) is 0 Å². The summed E-state index contributed by atoms with van der Waals surface area (Å²) in [5.41, 5.74) is 0.693. The quantitative estimate of drug-likeness (QED) is 0.912. The number of aromatic nitrogens is 1. The molecule has 1 aromatic heterocycles. The number of amides is 1. The number of H-pyrrole nitrogens is 1. The van der Waals surface area contributed by atoms with E-state index in [1.165, 1.54) is 38.2 Å². The van der Waals surface area contributed by atoms with Crippen LogP contribution in [0.1, 0.15) is 31.0 Å². The van der Waals surface area contributed by atoms with Gasteiger partial charge in [0.05, 0.1) is 11.6 Å². The molecule has 0 aliphatic rings. The fraction of sp³-hybridized carbons (Fsp3) is 0.333. The van der Waals surface area contributed by atoms with Gasteiger partial charge < -0.3 is 10.3 Å². The van der Waals surface area contributed by atoms with Gasteiger partial charge in [-0.1, -0.05) is 19.9 Å². The number of fused-ring (bicyclic) bond motifs is 1. The van der Waals surface area contributed by atoms with E-state index in [4.69, 9.17) is 5.26 Å². The number of benzene rings is 1. The Balaban J connectivity index is 2.49. The molecule has 0 fully saturated rings. The molecule has 7 heteroatoms. The van der Waals surface area contributed by atoms with Gasteiger partial charge in [-0.05, 0) is 12.1 Å². The first-order valence-electron chi connectivity index (χ1n) is 6.62. The highest BCUT2D eigenvalue weighted by Gasteiger charge is 2.43. The van der Waals surface area contributed by atoms with E-state index in [0.29, 0.717) is 16.5 Å². The van der Waals surface area contributed by atoms with Crippen molar-refractivity contribution >= 4 is 16.8 Å². The van der Waals surface area contributed by atoms with Gasteiger partial charge in [0.25, 0.3) is 0 Å². The fourth-order valence-electron chi connectivity index (χ4n) is 2.10. The predicted octanol–water partition coefficient (Wildman–Crippen LogP) is 3.42. The number of nitrogens with zero attached hydrogens (tertiary/aromatic N) is 1. The first-order valence-corrected chi connectivity index (χ1v) is 6.62. The molecule has 4 nitrogen and oxygen atoms in total. The normalized spacial score (nSPS) is 13.1. The highest BCUT2D eigenvalue weighted by Crippen LogP contribution is 2.36. The van der Waals surface area contributed by atoms with Crippen molar-refractivity contribution in [2.24, 2.45) is 5.92 Å². The minimum absolute atomic E-state index is 0.0685. The monoisotopic (exact) mass is 309 g/mol. The summed E-state index contributed by atoms with van der Waals surface area (Å²) >= 11 is 0. The Hall–Kier alpha value is -2.49. The minimum atomic E-state index is -4.62. The van der Waals surface area contributed by atoms with Crippen LogP contribution in [0.5, 0.6) is 0 Å². The molecule has 0 bridgehead atoms. The van der Waals surface area contributed by atoms with Crippen LogP contribution in [0.25, 0.3) is 10.9 Å². The average Bonchev–Trinajstić information content (AvgIpc) is 2.85. The van der Waals surface area contributed by atoms with Crippen molar-refractivity contribution in [1.29, 1.82) is 5.26 Å². The molecule has 2 N–H and O–H groups in total. The maximum Gasteiger partial charge on any atom is 0.412 e. The zero-order chi connectivity index (χ0) is 16.5. The molecule has 0 aliphatic heterocycles. The number of halogens is 3. The number of rotatable bonds is 3. The van der Waals surface area contributed by atoms with Crippen LogP contribution in [0.4, 0.5) is 13.2 Å². The Kier molecular flexibility index (Phi) is 4.13. The summed E-state index contributed by atoms with van der Waals surface area (Å²) in [5.74, 6) is -1.23. The summed E-state index contributed by atoms with van der Waals surface area (Å²) < 4.78 is 39.9. The zero-order valence-corrected chi connectivity index (χ0v) is 12.0. The fourth-order valence-corrected chi connectivity index (χ4v) is 2.10. The second-order valence-electron chi connectivity index (χ2n) is 5.25. The summed E-state index contributed by atoms with van der Waals surface area (Å²) in [5, 5.41) is 11.2. The van der Waals surface area contributed by atoms with Crippen LogP contribution in [-0.4, -0.2) is 17.1 Å². The maximum absolute atomic E-state index is 13.3. The van der Waals surface area contributed by atoms with Crippen LogP contribution < -0.4 is 5.32 Å². The van der Waals surface area contributed by atoms with Crippen LogP contribution in [0.3, 0.4) is 0 Å². The number of aromatic amines is 1. The molecule has 1 unspecified atom stereocenters. The molecule has 0 radical (unpaired) electrons. The summed E-state index contributed by atoms with van der Waals surface area (Å²) in [6.45, 7) is 3.05. The molecule has 0 saturated carbocycles. The number of hydrogen-bond acceptors (Lipinski definition) is 2. The van der Waals surface area contributed by atoms with Crippen LogP contribution >= 0.6 is 0 Å². The third-order valence-corrected chi connectivity index (χ3v) is 3.29. The van der Waals surface area contributed by atoms with Crippen LogP contribution in [0.2, 0.25) is 0 Å². The van der Waals surface area contributed by atoms with Gasteiger partial charge in [-0.3, -0.25) is 4.79 Å². The third kappa shape index (κ3) is 3.06. The van der Waals surface area contributed by atoms with E-state index < -0.39 is 24.0 Å². The SMILES string of the molecule is CC(C)C(=O)NC(c1c[nH]c2cc(C#N)ccc12)C(F)(F)F. The predicted molar refractivity (Wildman–Crippen MR) is 74.8 cm³/mol. The van der Waals surface area contributed by atoms with Gasteiger partial charge in [0.15, 0.2) is 6.04 Å². The Morgan fingerprint density at radius 2 is 2.05 bits per heavy atom. The van der Waals surface area contributed by atoms with Gasteiger partial charge >= 0.3 is 6.18 Å². The number of carbonyl (C=O) groups excluding carboxylic acids is 1. The van der Waals surface area contributed by atoms with E-state index in [0.717, 1.165) is 0 Å².